The van der Waals surface area contributed by atoms with Crippen LogP contribution in [0.3, 0.4) is 0 Å². The van der Waals surface area contributed by atoms with E-state index < -0.39 is 11.9 Å². The minimum Gasteiger partial charge on any atom is -0.495 e. The van der Waals surface area contributed by atoms with Crippen molar-refractivity contribution in [2.45, 2.75) is 12.8 Å². The number of rotatable bonds is 4. The number of likely N-dealkylation sites (N-methyl/N-ethyl adjacent to an activating group) is 1. The molecule has 12 nitrogen and oxygen atoms in total. The second kappa shape index (κ2) is 11.3. The number of nitrogens with one attached hydrogen (secondary N) is 1. The Morgan fingerprint density at radius 3 is 1.70 bits per heavy atom. The van der Waals surface area contributed by atoms with Gasteiger partial charge in [0.05, 0.1) is 50.6 Å². The van der Waals surface area contributed by atoms with Gasteiger partial charge in [-0.2, -0.15) is 0 Å². The van der Waals surface area contributed by atoms with Crippen LogP contribution in [-0.2, 0) is 36.4 Å². The van der Waals surface area contributed by atoms with Crippen LogP contribution in [0.5, 0.6) is 11.5 Å². The topological polar surface area (TPSA) is 130 Å². The molecule has 0 radical (unpaired) electrons. The fourth-order valence-electron chi connectivity index (χ4n) is 6.17. The van der Waals surface area contributed by atoms with Crippen molar-refractivity contribution in [1.82, 2.24) is 19.4 Å². The quantitative estimate of drug-likeness (QED) is 0.359. The standard InChI is InChI=1S/C16H18N2O4.C15H16N2O4/c1-17-8-7-9-12-10(16(20)22-4)5-6-11(21-3)14(12)18(2)13(9)15(17)19;1-17-12-8(6-7-16-14(12)18)11-9(15(19)21-3)4-5-10(20-2)13(11)17/h5-6H,7-8H2,1-4H3;4-5H,6-7H2,1-3H3,(H,16,18). The molecule has 0 fully saturated rings. The molecule has 0 unspecified atom stereocenters. The fourth-order valence-corrected chi connectivity index (χ4v) is 6.17. The summed E-state index contributed by atoms with van der Waals surface area (Å²) in [5.41, 5.74) is 5.36. The summed E-state index contributed by atoms with van der Waals surface area (Å²) in [7, 11) is 11.2. The number of aryl methyl sites for hydroxylation is 2. The van der Waals surface area contributed by atoms with E-state index in [0.29, 0.717) is 59.9 Å². The van der Waals surface area contributed by atoms with Gasteiger partial charge in [0.2, 0.25) is 0 Å². The fraction of sp³-hybridized carbons (Fsp3) is 0.355. The SMILES string of the molecule is COC(=O)c1ccc(OC)c2c1c1c(n2C)C(=O)N(C)CC1.COC(=O)c1ccc(OC)c2c1c1c(n2C)C(=O)NCC1. The molecule has 0 spiro atoms. The Hall–Kier alpha value is -5.00. The maximum Gasteiger partial charge on any atom is 0.338 e. The highest BCUT2D eigenvalue weighted by Crippen LogP contribution is 2.38. The van der Waals surface area contributed by atoms with Gasteiger partial charge in [0.15, 0.2) is 0 Å². The zero-order chi connectivity index (χ0) is 31.2. The predicted molar refractivity (Wildman–Crippen MR) is 158 cm³/mol. The van der Waals surface area contributed by atoms with Gasteiger partial charge in [0.1, 0.15) is 22.9 Å². The summed E-state index contributed by atoms with van der Waals surface area (Å²) in [6.45, 7) is 1.19. The van der Waals surface area contributed by atoms with Crippen molar-refractivity contribution in [3.8, 4) is 11.5 Å². The van der Waals surface area contributed by atoms with Gasteiger partial charge in [0, 0.05) is 45.0 Å². The lowest BCUT2D eigenvalue weighted by atomic mass is 9.99. The van der Waals surface area contributed by atoms with Crippen molar-refractivity contribution in [2.24, 2.45) is 14.1 Å². The molecule has 0 saturated heterocycles. The number of methoxy groups -OCH3 is 4. The van der Waals surface area contributed by atoms with Crippen LogP contribution in [0, 0.1) is 0 Å². The van der Waals surface area contributed by atoms with Crippen LogP contribution in [-0.4, -0.2) is 86.4 Å². The largest absolute Gasteiger partial charge is 0.495 e. The summed E-state index contributed by atoms with van der Waals surface area (Å²) in [6, 6.07) is 6.82. The average molecular weight is 591 g/mol. The van der Waals surface area contributed by atoms with Crippen molar-refractivity contribution in [1.29, 1.82) is 0 Å². The summed E-state index contributed by atoms with van der Waals surface area (Å²) >= 11 is 0. The van der Waals surface area contributed by atoms with E-state index in [1.54, 1.807) is 62.0 Å². The molecule has 12 heteroatoms. The molecule has 1 N–H and O–H groups in total. The lowest BCUT2D eigenvalue weighted by Crippen LogP contribution is -2.35. The smallest absolute Gasteiger partial charge is 0.338 e. The molecule has 0 atom stereocenters. The van der Waals surface area contributed by atoms with E-state index in [2.05, 4.69) is 5.32 Å². The molecule has 6 rings (SSSR count). The van der Waals surface area contributed by atoms with E-state index in [1.165, 1.54) is 14.2 Å². The van der Waals surface area contributed by atoms with Crippen LogP contribution < -0.4 is 14.8 Å². The monoisotopic (exact) mass is 590 g/mol. The first-order chi connectivity index (χ1) is 20.6. The summed E-state index contributed by atoms with van der Waals surface area (Å²) < 4.78 is 24.1. The van der Waals surface area contributed by atoms with Gasteiger partial charge in [-0.3, -0.25) is 9.59 Å². The molecule has 0 bridgehead atoms. The highest BCUT2D eigenvalue weighted by Gasteiger charge is 2.32. The van der Waals surface area contributed by atoms with Crippen LogP contribution in [0.15, 0.2) is 24.3 Å². The van der Waals surface area contributed by atoms with Gasteiger partial charge in [-0.05, 0) is 48.2 Å². The number of nitrogens with zero attached hydrogens (tertiary/aromatic N) is 3. The van der Waals surface area contributed by atoms with Crippen molar-refractivity contribution in [2.75, 3.05) is 48.6 Å². The first kappa shape index (κ1) is 29.5. The van der Waals surface area contributed by atoms with E-state index in [1.807, 2.05) is 11.6 Å². The Labute approximate surface area is 248 Å². The second-order valence-electron chi connectivity index (χ2n) is 10.3. The molecule has 43 heavy (non-hydrogen) atoms. The average Bonchev–Trinajstić information content (AvgIpc) is 3.50. The van der Waals surface area contributed by atoms with E-state index >= 15 is 0 Å². The first-order valence-corrected chi connectivity index (χ1v) is 13.7. The third-order valence-electron chi connectivity index (χ3n) is 8.17. The van der Waals surface area contributed by atoms with E-state index in [0.717, 1.165) is 32.9 Å². The molecule has 2 amide bonds. The van der Waals surface area contributed by atoms with E-state index in [9.17, 15) is 19.2 Å². The van der Waals surface area contributed by atoms with E-state index in [4.69, 9.17) is 18.9 Å². The van der Waals surface area contributed by atoms with Gasteiger partial charge < -0.3 is 38.3 Å². The second-order valence-corrected chi connectivity index (χ2v) is 10.3. The van der Waals surface area contributed by atoms with Gasteiger partial charge >= 0.3 is 11.9 Å². The Balaban J connectivity index is 0.000000171. The highest BCUT2D eigenvalue weighted by atomic mass is 16.5. The Morgan fingerprint density at radius 1 is 0.721 bits per heavy atom. The molecule has 0 saturated carbocycles. The maximum absolute atomic E-state index is 12.5. The van der Waals surface area contributed by atoms with Gasteiger partial charge in [-0.1, -0.05) is 0 Å². The number of carbonyl (C=O) groups is 4. The molecule has 0 aliphatic carbocycles. The number of hydrogen-bond donors (Lipinski definition) is 1. The lowest BCUT2D eigenvalue weighted by Gasteiger charge is -2.23. The van der Waals surface area contributed by atoms with Crippen LogP contribution >= 0.6 is 0 Å². The normalized spacial score (nSPS) is 14.0. The molecule has 2 aromatic heterocycles. The Bertz CT molecular complexity index is 1820. The minimum atomic E-state index is -0.415. The molecule has 4 heterocycles. The van der Waals surface area contributed by atoms with Gasteiger partial charge in [0.25, 0.3) is 11.8 Å². The predicted octanol–water partition coefficient (Wildman–Crippen LogP) is 2.86. The Kier molecular flexibility index (Phi) is 7.78. The molecular formula is C31H34N4O8. The third-order valence-corrected chi connectivity index (χ3v) is 8.17. The van der Waals surface area contributed by atoms with Crippen LogP contribution in [0.2, 0.25) is 0 Å². The van der Waals surface area contributed by atoms with Gasteiger partial charge in [-0.25, -0.2) is 9.59 Å². The zero-order valence-corrected chi connectivity index (χ0v) is 25.2. The number of benzene rings is 2. The summed E-state index contributed by atoms with van der Waals surface area (Å²) in [5, 5.41) is 4.32. The number of fused-ring (bicyclic) bond motifs is 6. The Morgan fingerprint density at radius 2 is 1.21 bits per heavy atom. The molecule has 2 aliphatic rings. The number of esters is 2. The summed E-state index contributed by atoms with van der Waals surface area (Å²) in [5.74, 6) is 0.262. The highest BCUT2D eigenvalue weighted by molar-refractivity contribution is 6.13. The van der Waals surface area contributed by atoms with Gasteiger partial charge in [-0.15, -0.1) is 0 Å². The zero-order valence-electron chi connectivity index (χ0n) is 25.2. The number of carbonyl (C=O) groups excluding carboxylic acids is 4. The molecular weight excluding hydrogens is 556 g/mol. The number of ether oxygens (including phenoxy) is 4. The number of amides is 2. The maximum atomic E-state index is 12.5. The lowest BCUT2D eigenvalue weighted by molar-refractivity contribution is 0.0594. The molecule has 226 valence electrons. The van der Waals surface area contributed by atoms with Crippen LogP contribution in [0.1, 0.15) is 52.8 Å². The van der Waals surface area contributed by atoms with Crippen molar-refractivity contribution >= 4 is 45.6 Å². The van der Waals surface area contributed by atoms with E-state index in [-0.39, 0.29) is 11.8 Å². The number of hydrogen-bond acceptors (Lipinski definition) is 8. The first-order valence-electron chi connectivity index (χ1n) is 13.7. The number of aromatic nitrogens is 2. The molecule has 2 aromatic carbocycles. The van der Waals surface area contributed by atoms with Crippen molar-refractivity contribution in [3.05, 3.63) is 57.9 Å². The summed E-state index contributed by atoms with van der Waals surface area (Å²) in [4.78, 5) is 50.5. The van der Waals surface area contributed by atoms with Crippen molar-refractivity contribution in [3.63, 3.8) is 0 Å². The van der Waals surface area contributed by atoms with Crippen LogP contribution in [0.4, 0.5) is 0 Å². The van der Waals surface area contributed by atoms with Crippen molar-refractivity contribution < 1.29 is 38.1 Å². The minimum absolute atomic E-state index is 0.0437. The molecule has 4 aromatic rings. The van der Waals surface area contributed by atoms with Crippen LogP contribution in [0.25, 0.3) is 21.8 Å². The summed E-state index contributed by atoms with van der Waals surface area (Å²) in [6.07, 6.45) is 1.38. The molecule has 2 aliphatic heterocycles. The third kappa shape index (κ3) is 4.53.